The van der Waals surface area contributed by atoms with Gasteiger partial charge in [-0.2, -0.15) is 0 Å². The van der Waals surface area contributed by atoms with E-state index in [-0.39, 0.29) is 24.3 Å². The Morgan fingerprint density at radius 1 is 1.45 bits per heavy atom. The molecule has 0 amide bonds. The van der Waals surface area contributed by atoms with E-state index in [0.29, 0.717) is 12.0 Å². The molecule has 0 saturated carbocycles. The number of aliphatic hydroxyl groups is 1. The summed E-state index contributed by atoms with van der Waals surface area (Å²) in [4.78, 5) is 0. The zero-order valence-corrected chi connectivity index (χ0v) is 12.9. The summed E-state index contributed by atoms with van der Waals surface area (Å²) in [6.07, 6.45) is 1.42. The van der Waals surface area contributed by atoms with Crippen LogP contribution in [0.5, 0.6) is 5.75 Å². The fourth-order valence-corrected chi connectivity index (χ4v) is 2.22. The Bertz CT molecular complexity index is 425. The second kappa shape index (κ2) is 7.60. The van der Waals surface area contributed by atoms with Crippen LogP contribution in [-0.2, 0) is 0 Å². The van der Waals surface area contributed by atoms with Crippen LogP contribution in [0.4, 0.5) is 4.39 Å². The third-order valence-corrected chi connectivity index (χ3v) is 3.37. The molecule has 0 aliphatic rings. The lowest BCUT2D eigenvalue weighted by Crippen LogP contribution is -2.48. The first-order valence-electron chi connectivity index (χ1n) is 7.19. The van der Waals surface area contributed by atoms with Gasteiger partial charge in [0.1, 0.15) is 0 Å². The summed E-state index contributed by atoms with van der Waals surface area (Å²) in [5.74, 6) is -0.0418. The second-order valence-electron chi connectivity index (χ2n) is 5.67. The molecule has 2 unspecified atom stereocenters. The van der Waals surface area contributed by atoms with Crippen molar-refractivity contribution in [1.29, 1.82) is 0 Å². The van der Waals surface area contributed by atoms with Crippen molar-refractivity contribution < 1.29 is 14.2 Å². The van der Waals surface area contributed by atoms with Crippen molar-refractivity contribution in [3.63, 3.8) is 0 Å². The van der Waals surface area contributed by atoms with Crippen molar-refractivity contribution in [1.82, 2.24) is 5.32 Å². The van der Waals surface area contributed by atoms with Crippen LogP contribution in [0.2, 0.25) is 0 Å². The van der Waals surface area contributed by atoms with Crippen LogP contribution >= 0.6 is 0 Å². The van der Waals surface area contributed by atoms with Crippen LogP contribution in [-0.4, -0.2) is 29.9 Å². The molecule has 1 aromatic rings. The number of aryl methyl sites for hydroxylation is 1. The topological polar surface area (TPSA) is 41.5 Å². The van der Waals surface area contributed by atoms with E-state index in [9.17, 15) is 9.50 Å². The summed E-state index contributed by atoms with van der Waals surface area (Å²) in [6.45, 7) is 8.50. The zero-order valence-electron chi connectivity index (χ0n) is 12.9. The molecular formula is C16H26FNO2. The van der Waals surface area contributed by atoms with Gasteiger partial charge < -0.3 is 15.2 Å². The van der Waals surface area contributed by atoms with Gasteiger partial charge >= 0.3 is 0 Å². The average Bonchev–Trinajstić information content (AvgIpc) is 2.41. The van der Waals surface area contributed by atoms with Crippen molar-refractivity contribution in [2.24, 2.45) is 0 Å². The lowest BCUT2D eigenvalue weighted by Gasteiger charge is -2.31. The van der Waals surface area contributed by atoms with E-state index in [0.717, 1.165) is 13.0 Å². The molecule has 0 saturated heterocycles. The van der Waals surface area contributed by atoms with E-state index in [1.165, 1.54) is 0 Å². The Labute approximate surface area is 121 Å². The summed E-state index contributed by atoms with van der Waals surface area (Å²) in [6, 6.07) is 5.13. The Hall–Kier alpha value is -1.13. The van der Waals surface area contributed by atoms with Crippen LogP contribution in [0.1, 0.15) is 39.2 Å². The van der Waals surface area contributed by atoms with E-state index in [2.05, 4.69) is 12.2 Å². The standard InChI is InChI=1S/C16H26FNO2/c1-5-9-18-16(4,11-19)10-13(3)20-14-8-6-7-12(2)15(14)17/h6-8,13,18-19H,5,9-11H2,1-4H3. The summed E-state index contributed by atoms with van der Waals surface area (Å²) in [5.41, 5.74) is 0.166. The minimum atomic E-state index is -0.407. The maximum atomic E-state index is 13.9. The number of ether oxygens (including phenoxy) is 1. The highest BCUT2D eigenvalue weighted by Crippen LogP contribution is 2.23. The van der Waals surface area contributed by atoms with Gasteiger partial charge in [0.05, 0.1) is 12.7 Å². The van der Waals surface area contributed by atoms with E-state index in [1.54, 1.807) is 25.1 Å². The Morgan fingerprint density at radius 2 is 2.15 bits per heavy atom. The molecule has 2 atom stereocenters. The molecule has 0 bridgehead atoms. The fourth-order valence-electron chi connectivity index (χ4n) is 2.22. The van der Waals surface area contributed by atoms with Crippen molar-refractivity contribution in [2.75, 3.05) is 13.2 Å². The third kappa shape index (κ3) is 4.76. The van der Waals surface area contributed by atoms with Crippen LogP contribution in [0.15, 0.2) is 18.2 Å². The first-order valence-corrected chi connectivity index (χ1v) is 7.19. The molecular weight excluding hydrogens is 257 g/mol. The number of hydrogen-bond acceptors (Lipinski definition) is 3. The van der Waals surface area contributed by atoms with Crippen LogP contribution < -0.4 is 10.1 Å². The van der Waals surface area contributed by atoms with Crippen molar-refractivity contribution in [3.05, 3.63) is 29.6 Å². The number of hydrogen-bond donors (Lipinski definition) is 2. The highest BCUT2D eigenvalue weighted by Gasteiger charge is 2.26. The van der Waals surface area contributed by atoms with Gasteiger partial charge in [-0.1, -0.05) is 19.1 Å². The maximum Gasteiger partial charge on any atom is 0.167 e. The third-order valence-electron chi connectivity index (χ3n) is 3.37. The lowest BCUT2D eigenvalue weighted by atomic mass is 9.95. The average molecular weight is 283 g/mol. The first kappa shape index (κ1) is 16.9. The lowest BCUT2D eigenvalue weighted by molar-refractivity contribution is 0.107. The number of nitrogens with one attached hydrogen (secondary N) is 1. The summed E-state index contributed by atoms with van der Waals surface area (Å²) in [7, 11) is 0. The predicted octanol–water partition coefficient (Wildman–Crippen LogP) is 3.04. The van der Waals surface area contributed by atoms with Gasteiger partial charge in [-0.25, -0.2) is 4.39 Å². The molecule has 0 aliphatic carbocycles. The van der Waals surface area contributed by atoms with Crippen molar-refractivity contribution >= 4 is 0 Å². The predicted molar refractivity (Wildman–Crippen MR) is 79.6 cm³/mol. The molecule has 0 aliphatic heterocycles. The van der Waals surface area contributed by atoms with E-state index in [1.807, 2.05) is 13.8 Å². The Kier molecular flexibility index (Phi) is 6.43. The molecule has 2 N–H and O–H groups in total. The van der Waals surface area contributed by atoms with Crippen molar-refractivity contribution in [2.45, 2.75) is 52.2 Å². The van der Waals surface area contributed by atoms with E-state index < -0.39 is 5.54 Å². The maximum absolute atomic E-state index is 13.9. The van der Waals surface area contributed by atoms with Crippen molar-refractivity contribution in [3.8, 4) is 5.75 Å². The van der Waals surface area contributed by atoms with Gasteiger partial charge in [0.15, 0.2) is 11.6 Å². The summed E-state index contributed by atoms with van der Waals surface area (Å²) >= 11 is 0. The van der Waals surface area contributed by atoms with Gasteiger partial charge in [-0.05, 0) is 45.4 Å². The van der Waals surface area contributed by atoms with Gasteiger partial charge in [0.2, 0.25) is 0 Å². The number of aliphatic hydroxyl groups excluding tert-OH is 1. The molecule has 114 valence electrons. The van der Waals surface area contributed by atoms with Crippen LogP contribution in [0.3, 0.4) is 0 Å². The van der Waals surface area contributed by atoms with Gasteiger partial charge in [0, 0.05) is 12.0 Å². The molecule has 0 spiro atoms. The Balaban J connectivity index is 2.66. The molecule has 1 rings (SSSR count). The minimum absolute atomic E-state index is 0.0248. The molecule has 0 radical (unpaired) electrons. The van der Waals surface area contributed by atoms with Gasteiger partial charge in [-0.15, -0.1) is 0 Å². The largest absolute Gasteiger partial charge is 0.488 e. The molecule has 0 heterocycles. The van der Waals surface area contributed by atoms with Gasteiger partial charge in [-0.3, -0.25) is 0 Å². The number of benzene rings is 1. The molecule has 0 fully saturated rings. The molecule has 0 aromatic heterocycles. The molecule has 4 heteroatoms. The monoisotopic (exact) mass is 283 g/mol. The molecule has 3 nitrogen and oxygen atoms in total. The van der Waals surface area contributed by atoms with E-state index in [4.69, 9.17) is 4.74 Å². The second-order valence-corrected chi connectivity index (χ2v) is 5.67. The number of rotatable bonds is 8. The number of halogens is 1. The van der Waals surface area contributed by atoms with Crippen LogP contribution in [0, 0.1) is 12.7 Å². The Morgan fingerprint density at radius 3 is 2.75 bits per heavy atom. The SMILES string of the molecule is CCCNC(C)(CO)CC(C)Oc1cccc(C)c1F. The highest BCUT2D eigenvalue weighted by molar-refractivity contribution is 5.30. The van der Waals surface area contributed by atoms with Crippen LogP contribution in [0.25, 0.3) is 0 Å². The summed E-state index contributed by atoms with van der Waals surface area (Å²) < 4.78 is 19.6. The van der Waals surface area contributed by atoms with E-state index >= 15 is 0 Å². The fraction of sp³-hybridized carbons (Fsp3) is 0.625. The van der Waals surface area contributed by atoms with Gasteiger partial charge in [0.25, 0.3) is 0 Å². The zero-order chi connectivity index (χ0) is 15.2. The smallest absolute Gasteiger partial charge is 0.167 e. The quantitative estimate of drug-likeness (QED) is 0.770. The first-order chi connectivity index (χ1) is 9.41. The summed E-state index contributed by atoms with van der Waals surface area (Å²) in [5, 5.41) is 12.8. The highest BCUT2D eigenvalue weighted by atomic mass is 19.1. The molecule has 1 aromatic carbocycles. The minimum Gasteiger partial charge on any atom is -0.488 e. The molecule has 20 heavy (non-hydrogen) atoms. The normalized spacial score (nSPS) is 15.7.